The van der Waals surface area contributed by atoms with Crippen molar-refractivity contribution in [1.82, 2.24) is 4.98 Å². The van der Waals surface area contributed by atoms with E-state index in [-0.39, 0.29) is 0 Å². The molecule has 72 valence electrons. The summed E-state index contributed by atoms with van der Waals surface area (Å²) in [6.45, 7) is 4.71. The summed E-state index contributed by atoms with van der Waals surface area (Å²) >= 11 is 0. The maximum absolute atomic E-state index is 5.75. The minimum absolute atomic E-state index is 0.590. The van der Waals surface area contributed by atoms with Gasteiger partial charge >= 0.3 is 0 Å². The maximum atomic E-state index is 5.75. The molecular formula is C12H14N2. The molecule has 0 bridgehead atoms. The minimum atomic E-state index is 0.590. The standard InChI is InChI=1S/C12H14N2/c1-8-3-4-10-9(2)14-6-5-11(10)12(8)7-13/h3-6H,7,13H2,1-2H3. The van der Waals surface area contributed by atoms with Gasteiger partial charge in [0.25, 0.3) is 0 Å². The van der Waals surface area contributed by atoms with Gasteiger partial charge in [0.1, 0.15) is 0 Å². The van der Waals surface area contributed by atoms with Crippen LogP contribution in [0.5, 0.6) is 0 Å². The largest absolute Gasteiger partial charge is 0.326 e. The summed E-state index contributed by atoms with van der Waals surface area (Å²) in [5.74, 6) is 0. The highest BCUT2D eigenvalue weighted by atomic mass is 14.7. The maximum Gasteiger partial charge on any atom is 0.0451 e. The molecule has 2 nitrogen and oxygen atoms in total. The average molecular weight is 186 g/mol. The molecule has 1 aromatic carbocycles. The Morgan fingerprint density at radius 1 is 1.14 bits per heavy atom. The quantitative estimate of drug-likeness (QED) is 0.742. The molecule has 0 saturated carbocycles. The number of pyridine rings is 1. The lowest BCUT2D eigenvalue weighted by molar-refractivity contribution is 1.06. The van der Waals surface area contributed by atoms with Crippen LogP contribution >= 0.6 is 0 Å². The number of aryl methyl sites for hydroxylation is 2. The molecule has 0 radical (unpaired) electrons. The van der Waals surface area contributed by atoms with Crippen molar-refractivity contribution in [3.05, 3.63) is 41.2 Å². The molecule has 14 heavy (non-hydrogen) atoms. The molecule has 0 unspecified atom stereocenters. The lowest BCUT2D eigenvalue weighted by atomic mass is 10.00. The number of rotatable bonds is 1. The van der Waals surface area contributed by atoms with Gasteiger partial charge in [-0.1, -0.05) is 12.1 Å². The second-order valence-electron chi connectivity index (χ2n) is 3.56. The zero-order valence-electron chi connectivity index (χ0n) is 8.54. The Kier molecular flexibility index (Phi) is 2.22. The Balaban J connectivity index is 2.88. The summed E-state index contributed by atoms with van der Waals surface area (Å²) in [7, 11) is 0. The van der Waals surface area contributed by atoms with Crippen molar-refractivity contribution in [3.8, 4) is 0 Å². The van der Waals surface area contributed by atoms with Crippen LogP contribution in [-0.4, -0.2) is 4.98 Å². The van der Waals surface area contributed by atoms with Crippen molar-refractivity contribution in [1.29, 1.82) is 0 Å². The van der Waals surface area contributed by atoms with E-state index in [0.717, 1.165) is 5.69 Å². The van der Waals surface area contributed by atoms with E-state index >= 15 is 0 Å². The molecule has 2 rings (SSSR count). The highest BCUT2D eigenvalue weighted by molar-refractivity contribution is 5.88. The summed E-state index contributed by atoms with van der Waals surface area (Å²) in [5.41, 5.74) is 9.30. The van der Waals surface area contributed by atoms with Crippen molar-refractivity contribution in [2.45, 2.75) is 20.4 Å². The summed E-state index contributed by atoms with van der Waals surface area (Å²) in [6.07, 6.45) is 1.84. The van der Waals surface area contributed by atoms with Crippen molar-refractivity contribution < 1.29 is 0 Å². The third-order valence-electron chi connectivity index (χ3n) is 2.69. The molecule has 0 saturated heterocycles. The molecule has 0 atom stereocenters. The van der Waals surface area contributed by atoms with E-state index in [9.17, 15) is 0 Å². The van der Waals surface area contributed by atoms with E-state index in [1.165, 1.54) is 21.9 Å². The van der Waals surface area contributed by atoms with Gasteiger partial charge < -0.3 is 5.73 Å². The van der Waals surface area contributed by atoms with E-state index < -0.39 is 0 Å². The van der Waals surface area contributed by atoms with Gasteiger partial charge in [-0.15, -0.1) is 0 Å². The van der Waals surface area contributed by atoms with Gasteiger partial charge in [-0.3, -0.25) is 4.98 Å². The molecule has 0 fully saturated rings. The number of hydrogen-bond donors (Lipinski definition) is 1. The monoisotopic (exact) mass is 186 g/mol. The third-order valence-corrected chi connectivity index (χ3v) is 2.69. The van der Waals surface area contributed by atoms with Gasteiger partial charge in [0.05, 0.1) is 0 Å². The molecule has 2 N–H and O–H groups in total. The van der Waals surface area contributed by atoms with Crippen molar-refractivity contribution >= 4 is 10.8 Å². The lowest BCUT2D eigenvalue weighted by Crippen LogP contribution is -2.00. The molecule has 0 aliphatic heterocycles. The van der Waals surface area contributed by atoms with Crippen LogP contribution in [0.1, 0.15) is 16.8 Å². The molecule has 0 amide bonds. The van der Waals surface area contributed by atoms with Crippen molar-refractivity contribution in [2.24, 2.45) is 5.73 Å². The number of nitrogens with two attached hydrogens (primary N) is 1. The molecule has 0 spiro atoms. The highest BCUT2D eigenvalue weighted by Crippen LogP contribution is 2.22. The average Bonchev–Trinajstić information content (AvgIpc) is 2.18. The zero-order valence-corrected chi connectivity index (χ0v) is 8.54. The van der Waals surface area contributed by atoms with Gasteiger partial charge in [0.2, 0.25) is 0 Å². The molecule has 1 aromatic heterocycles. The zero-order chi connectivity index (χ0) is 10.1. The van der Waals surface area contributed by atoms with Crippen LogP contribution in [0.3, 0.4) is 0 Å². The molecule has 2 heteroatoms. The van der Waals surface area contributed by atoms with Crippen LogP contribution in [0.4, 0.5) is 0 Å². The van der Waals surface area contributed by atoms with Crippen molar-refractivity contribution in [3.63, 3.8) is 0 Å². The SMILES string of the molecule is Cc1ccc2c(C)nccc2c1CN. The number of hydrogen-bond acceptors (Lipinski definition) is 2. The van der Waals surface area contributed by atoms with Crippen LogP contribution in [0.25, 0.3) is 10.8 Å². The fraction of sp³-hybridized carbons (Fsp3) is 0.250. The molecule has 1 heterocycles. The topological polar surface area (TPSA) is 38.9 Å². The van der Waals surface area contributed by atoms with Crippen molar-refractivity contribution in [2.75, 3.05) is 0 Å². The normalized spacial score (nSPS) is 10.8. The number of fused-ring (bicyclic) bond motifs is 1. The minimum Gasteiger partial charge on any atom is -0.326 e. The molecule has 2 aromatic rings. The van der Waals surface area contributed by atoms with Gasteiger partial charge in [0, 0.05) is 23.8 Å². The Bertz CT molecular complexity index is 475. The predicted octanol–water partition coefficient (Wildman–Crippen LogP) is 2.31. The van der Waals surface area contributed by atoms with E-state index in [2.05, 4.69) is 24.0 Å². The first-order chi connectivity index (χ1) is 6.74. The van der Waals surface area contributed by atoms with Gasteiger partial charge in [-0.25, -0.2) is 0 Å². The molecular weight excluding hydrogens is 172 g/mol. The molecule has 0 aliphatic rings. The Morgan fingerprint density at radius 2 is 1.93 bits per heavy atom. The van der Waals surface area contributed by atoms with Gasteiger partial charge in [-0.2, -0.15) is 0 Å². The van der Waals surface area contributed by atoms with Crippen LogP contribution < -0.4 is 5.73 Å². The summed E-state index contributed by atoms with van der Waals surface area (Å²) in [6, 6.07) is 6.27. The summed E-state index contributed by atoms with van der Waals surface area (Å²) < 4.78 is 0. The fourth-order valence-corrected chi connectivity index (χ4v) is 1.84. The Hall–Kier alpha value is -1.41. The number of nitrogens with zero attached hydrogens (tertiary/aromatic N) is 1. The summed E-state index contributed by atoms with van der Waals surface area (Å²) in [4.78, 5) is 4.27. The first-order valence-electron chi connectivity index (χ1n) is 4.78. The predicted molar refractivity (Wildman–Crippen MR) is 59.1 cm³/mol. The van der Waals surface area contributed by atoms with E-state index in [0.29, 0.717) is 6.54 Å². The smallest absolute Gasteiger partial charge is 0.0451 e. The van der Waals surface area contributed by atoms with E-state index in [1.54, 1.807) is 0 Å². The third kappa shape index (κ3) is 1.28. The Labute approximate surface area is 83.8 Å². The van der Waals surface area contributed by atoms with E-state index in [1.807, 2.05) is 19.2 Å². The van der Waals surface area contributed by atoms with Gasteiger partial charge in [0.15, 0.2) is 0 Å². The fourth-order valence-electron chi connectivity index (χ4n) is 1.84. The van der Waals surface area contributed by atoms with Crippen LogP contribution in [0, 0.1) is 13.8 Å². The van der Waals surface area contributed by atoms with E-state index in [4.69, 9.17) is 5.73 Å². The van der Waals surface area contributed by atoms with Crippen LogP contribution in [0.2, 0.25) is 0 Å². The second-order valence-corrected chi connectivity index (χ2v) is 3.56. The van der Waals surface area contributed by atoms with Gasteiger partial charge in [-0.05, 0) is 36.4 Å². The second kappa shape index (κ2) is 3.39. The number of benzene rings is 1. The first-order valence-corrected chi connectivity index (χ1v) is 4.78. The van der Waals surface area contributed by atoms with Crippen LogP contribution in [-0.2, 0) is 6.54 Å². The summed E-state index contributed by atoms with van der Waals surface area (Å²) in [5, 5.41) is 2.44. The Morgan fingerprint density at radius 3 is 2.64 bits per heavy atom. The highest BCUT2D eigenvalue weighted by Gasteiger charge is 2.04. The number of aromatic nitrogens is 1. The van der Waals surface area contributed by atoms with Crippen LogP contribution in [0.15, 0.2) is 24.4 Å². The lowest BCUT2D eigenvalue weighted by Gasteiger charge is -2.08. The molecule has 0 aliphatic carbocycles. The first kappa shape index (κ1) is 9.16.